The highest BCUT2D eigenvalue weighted by atomic mass is 16.5. The van der Waals surface area contributed by atoms with Crippen LogP contribution >= 0.6 is 0 Å². The van der Waals surface area contributed by atoms with Crippen LogP contribution in [0.5, 0.6) is 5.75 Å². The molecule has 0 bridgehead atoms. The molecule has 0 saturated carbocycles. The van der Waals surface area contributed by atoms with Crippen LogP contribution in [-0.2, 0) is 4.79 Å². The molecule has 1 atom stereocenters. The number of nitrogens with zero attached hydrogens (tertiary/aromatic N) is 1. The summed E-state index contributed by atoms with van der Waals surface area (Å²) in [5.41, 5.74) is 1.37. The Hall–Kier alpha value is -2.52. The molecule has 0 saturated heterocycles. The maximum Gasteiger partial charge on any atom is 0.267 e. The fourth-order valence-electron chi connectivity index (χ4n) is 1.59. The number of ether oxygens (including phenoxy) is 1. The van der Waals surface area contributed by atoms with Crippen LogP contribution < -0.4 is 15.4 Å². The zero-order valence-electron chi connectivity index (χ0n) is 12.3. The number of aryl methyl sites for hydroxylation is 1. The number of rotatable bonds is 6. The number of benzene rings is 1. The molecule has 1 aromatic rings. The number of nitriles is 1. The fourth-order valence-corrected chi connectivity index (χ4v) is 1.59. The number of methoxy groups -OCH3 is 1. The van der Waals surface area contributed by atoms with E-state index in [2.05, 4.69) is 10.6 Å². The Morgan fingerprint density at radius 1 is 1.57 bits per heavy atom. The fraction of sp³-hybridized carbons (Fsp3) is 0.333. The molecule has 3 N–H and O–H groups in total. The highest BCUT2D eigenvalue weighted by Crippen LogP contribution is 2.25. The van der Waals surface area contributed by atoms with Crippen molar-refractivity contribution < 1.29 is 14.6 Å². The van der Waals surface area contributed by atoms with Crippen LogP contribution in [0.25, 0.3) is 0 Å². The molecule has 1 rings (SSSR count). The number of aliphatic hydroxyl groups excluding tert-OH is 1. The number of amides is 1. The van der Waals surface area contributed by atoms with Gasteiger partial charge in [-0.25, -0.2) is 0 Å². The minimum absolute atomic E-state index is 0.0841. The molecule has 0 radical (unpaired) electrons. The van der Waals surface area contributed by atoms with Crippen LogP contribution in [0.2, 0.25) is 0 Å². The van der Waals surface area contributed by atoms with Gasteiger partial charge in [0.25, 0.3) is 5.91 Å². The third kappa shape index (κ3) is 5.16. The Morgan fingerprint density at radius 3 is 2.86 bits per heavy atom. The van der Waals surface area contributed by atoms with E-state index in [1.807, 2.05) is 19.1 Å². The van der Waals surface area contributed by atoms with Gasteiger partial charge in [-0.2, -0.15) is 5.26 Å². The molecular weight excluding hydrogens is 270 g/mol. The van der Waals surface area contributed by atoms with Crippen LogP contribution in [0.4, 0.5) is 5.69 Å². The first-order chi connectivity index (χ1) is 9.97. The van der Waals surface area contributed by atoms with E-state index in [1.165, 1.54) is 13.3 Å². The van der Waals surface area contributed by atoms with E-state index in [4.69, 9.17) is 15.1 Å². The van der Waals surface area contributed by atoms with Crippen molar-refractivity contribution in [2.24, 2.45) is 0 Å². The summed E-state index contributed by atoms with van der Waals surface area (Å²) < 4.78 is 5.16. The quantitative estimate of drug-likeness (QED) is 0.542. The summed E-state index contributed by atoms with van der Waals surface area (Å²) in [5, 5.41) is 23.5. The van der Waals surface area contributed by atoms with Crippen molar-refractivity contribution in [1.29, 1.82) is 5.26 Å². The summed E-state index contributed by atoms with van der Waals surface area (Å²) in [6.07, 6.45) is 0.714. The van der Waals surface area contributed by atoms with Gasteiger partial charge in [0.15, 0.2) is 0 Å². The number of hydrogen-bond donors (Lipinski definition) is 3. The molecule has 1 amide bonds. The average molecular weight is 289 g/mol. The summed E-state index contributed by atoms with van der Waals surface area (Å²) in [7, 11) is 1.51. The second-order valence-corrected chi connectivity index (χ2v) is 4.58. The molecule has 6 nitrogen and oxygen atoms in total. The number of aliphatic hydroxyl groups is 1. The minimum atomic E-state index is -0.568. The van der Waals surface area contributed by atoms with E-state index >= 15 is 0 Å². The van der Waals surface area contributed by atoms with E-state index in [0.717, 1.165) is 5.56 Å². The van der Waals surface area contributed by atoms with Gasteiger partial charge in [-0.05, 0) is 31.5 Å². The molecule has 0 aliphatic rings. The average Bonchev–Trinajstić information content (AvgIpc) is 2.43. The van der Waals surface area contributed by atoms with Gasteiger partial charge in [0.05, 0.1) is 18.9 Å². The van der Waals surface area contributed by atoms with Gasteiger partial charge >= 0.3 is 0 Å². The number of anilines is 1. The summed E-state index contributed by atoms with van der Waals surface area (Å²) in [6, 6.07) is 7.17. The van der Waals surface area contributed by atoms with Gasteiger partial charge in [0.1, 0.15) is 17.4 Å². The number of nitrogens with one attached hydrogen (secondary N) is 2. The molecule has 0 aromatic heterocycles. The lowest BCUT2D eigenvalue weighted by molar-refractivity contribution is -0.112. The van der Waals surface area contributed by atoms with Crippen molar-refractivity contribution in [1.82, 2.24) is 5.32 Å². The first kappa shape index (κ1) is 16.5. The van der Waals surface area contributed by atoms with Crippen molar-refractivity contribution >= 4 is 11.6 Å². The molecule has 1 aromatic carbocycles. The van der Waals surface area contributed by atoms with E-state index in [0.29, 0.717) is 11.4 Å². The van der Waals surface area contributed by atoms with E-state index in [9.17, 15) is 4.79 Å². The van der Waals surface area contributed by atoms with Gasteiger partial charge in [-0.15, -0.1) is 0 Å². The molecule has 0 spiro atoms. The molecule has 112 valence electrons. The molecular formula is C15H19N3O3. The van der Waals surface area contributed by atoms with Crippen LogP contribution in [-0.4, -0.2) is 30.8 Å². The lowest BCUT2D eigenvalue weighted by Gasteiger charge is -2.11. The summed E-state index contributed by atoms with van der Waals surface area (Å²) >= 11 is 0. The van der Waals surface area contributed by atoms with Crippen LogP contribution in [0.3, 0.4) is 0 Å². The second-order valence-electron chi connectivity index (χ2n) is 4.58. The molecule has 6 heteroatoms. The van der Waals surface area contributed by atoms with Gasteiger partial charge in [-0.1, -0.05) is 6.07 Å². The van der Waals surface area contributed by atoms with Gasteiger partial charge in [0.2, 0.25) is 0 Å². The molecule has 1 unspecified atom stereocenters. The van der Waals surface area contributed by atoms with Crippen LogP contribution in [0.15, 0.2) is 30.0 Å². The van der Waals surface area contributed by atoms with Crippen molar-refractivity contribution in [3.63, 3.8) is 0 Å². The Kier molecular flexibility index (Phi) is 6.24. The minimum Gasteiger partial charge on any atom is -0.495 e. The SMILES string of the molecule is COc1ccc(C)cc1NC(=O)/C(C#N)=C\NCC(C)O. The number of carbonyl (C=O) groups is 1. The van der Waals surface area contributed by atoms with Gasteiger partial charge in [0, 0.05) is 12.7 Å². The normalized spacial score (nSPS) is 12.2. The first-order valence-corrected chi connectivity index (χ1v) is 6.45. The highest BCUT2D eigenvalue weighted by Gasteiger charge is 2.12. The Morgan fingerprint density at radius 2 is 2.29 bits per heavy atom. The van der Waals surface area contributed by atoms with Crippen molar-refractivity contribution in [2.75, 3.05) is 19.0 Å². The Labute approximate surface area is 124 Å². The molecule has 21 heavy (non-hydrogen) atoms. The molecule has 0 heterocycles. The Balaban J connectivity index is 2.84. The largest absolute Gasteiger partial charge is 0.495 e. The number of hydrogen-bond acceptors (Lipinski definition) is 5. The maximum absolute atomic E-state index is 12.0. The van der Waals surface area contributed by atoms with E-state index in [-0.39, 0.29) is 12.1 Å². The van der Waals surface area contributed by atoms with Crippen molar-refractivity contribution in [3.8, 4) is 11.8 Å². The smallest absolute Gasteiger partial charge is 0.267 e. The topological polar surface area (TPSA) is 94.4 Å². The number of carbonyl (C=O) groups excluding carboxylic acids is 1. The van der Waals surface area contributed by atoms with Crippen molar-refractivity contribution in [3.05, 3.63) is 35.5 Å². The summed E-state index contributed by atoms with van der Waals surface area (Å²) in [4.78, 5) is 12.0. The lowest BCUT2D eigenvalue weighted by atomic mass is 10.2. The van der Waals surface area contributed by atoms with E-state index < -0.39 is 12.0 Å². The second kappa shape index (κ2) is 7.92. The standard InChI is InChI=1S/C15H19N3O3/c1-10-4-5-14(21-3)13(6-10)18-15(20)12(7-16)9-17-8-11(2)19/h4-6,9,11,17,19H,8H2,1-3H3,(H,18,20)/b12-9-. The van der Waals surface area contributed by atoms with Crippen molar-refractivity contribution in [2.45, 2.75) is 20.0 Å². The zero-order valence-corrected chi connectivity index (χ0v) is 12.3. The predicted octanol–water partition coefficient (Wildman–Crippen LogP) is 1.32. The van der Waals surface area contributed by atoms with Crippen LogP contribution in [0.1, 0.15) is 12.5 Å². The molecule has 0 aliphatic carbocycles. The predicted molar refractivity (Wildman–Crippen MR) is 79.7 cm³/mol. The Bertz CT molecular complexity index is 574. The lowest BCUT2D eigenvalue weighted by Crippen LogP contribution is -2.22. The zero-order chi connectivity index (χ0) is 15.8. The van der Waals surface area contributed by atoms with E-state index in [1.54, 1.807) is 19.1 Å². The van der Waals surface area contributed by atoms with Gasteiger partial charge in [-0.3, -0.25) is 4.79 Å². The molecule has 0 aliphatic heterocycles. The third-order valence-corrected chi connectivity index (χ3v) is 2.63. The summed E-state index contributed by atoms with van der Waals surface area (Å²) in [5.74, 6) is -0.0253. The molecule has 0 fully saturated rings. The summed E-state index contributed by atoms with van der Waals surface area (Å²) in [6.45, 7) is 3.75. The third-order valence-electron chi connectivity index (χ3n) is 2.63. The first-order valence-electron chi connectivity index (χ1n) is 6.45. The van der Waals surface area contributed by atoms with Crippen LogP contribution in [0, 0.1) is 18.3 Å². The monoisotopic (exact) mass is 289 g/mol. The highest BCUT2D eigenvalue weighted by molar-refractivity contribution is 6.07. The maximum atomic E-state index is 12.0. The van der Waals surface area contributed by atoms with Gasteiger partial charge < -0.3 is 20.5 Å².